The van der Waals surface area contributed by atoms with Gasteiger partial charge in [0, 0.05) is 32.5 Å². The van der Waals surface area contributed by atoms with Gasteiger partial charge in [-0.25, -0.2) is 4.79 Å². The Kier molecular flexibility index (Phi) is 5.26. The van der Waals surface area contributed by atoms with Crippen LogP contribution in [-0.4, -0.2) is 56.0 Å². The second kappa shape index (κ2) is 6.95. The third-order valence-electron chi connectivity index (χ3n) is 3.82. The molecular formula is C13H25N2O3+. The molecule has 1 amide bonds. The van der Waals surface area contributed by atoms with E-state index in [0.29, 0.717) is 18.8 Å². The monoisotopic (exact) mass is 257 g/mol. The van der Waals surface area contributed by atoms with Gasteiger partial charge in [-0.15, -0.1) is 0 Å². The van der Waals surface area contributed by atoms with Gasteiger partial charge in [0.2, 0.25) is 0 Å². The van der Waals surface area contributed by atoms with Crippen LogP contribution in [0.3, 0.4) is 0 Å². The number of nitrogens with two attached hydrogens (primary N) is 1. The second-order valence-corrected chi connectivity index (χ2v) is 5.13. The van der Waals surface area contributed by atoms with Crippen molar-refractivity contribution >= 4 is 6.09 Å². The quantitative estimate of drug-likeness (QED) is 0.790. The fraction of sp³-hybridized carbons (Fsp3) is 0.923. The van der Waals surface area contributed by atoms with Gasteiger partial charge in [0.05, 0.1) is 12.6 Å². The van der Waals surface area contributed by atoms with Gasteiger partial charge in [0.25, 0.3) is 0 Å². The van der Waals surface area contributed by atoms with E-state index in [9.17, 15) is 4.79 Å². The summed E-state index contributed by atoms with van der Waals surface area (Å²) in [6.45, 7) is 5.96. The van der Waals surface area contributed by atoms with Gasteiger partial charge in [-0.1, -0.05) is 0 Å². The van der Waals surface area contributed by atoms with Gasteiger partial charge in [-0.3, -0.25) is 0 Å². The number of nitrogens with zero attached hydrogens (tertiary/aromatic N) is 1. The molecule has 2 aliphatic heterocycles. The Hall–Kier alpha value is -0.810. The zero-order valence-corrected chi connectivity index (χ0v) is 11.3. The molecule has 0 radical (unpaired) electrons. The van der Waals surface area contributed by atoms with E-state index in [1.54, 1.807) is 0 Å². The summed E-state index contributed by atoms with van der Waals surface area (Å²) in [4.78, 5) is 13.4. The zero-order valence-electron chi connectivity index (χ0n) is 11.3. The molecule has 2 rings (SSSR count). The number of hydrogen-bond donors (Lipinski definition) is 1. The third-order valence-corrected chi connectivity index (χ3v) is 3.82. The van der Waals surface area contributed by atoms with Crippen molar-refractivity contribution in [2.75, 3.05) is 32.8 Å². The number of likely N-dealkylation sites (tertiary alicyclic amines) is 1. The van der Waals surface area contributed by atoms with Gasteiger partial charge in [-0.05, 0) is 19.8 Å². The van der Waals surface area contributed by atoms with Crippen LogP contribution >= 0.6 is 0 Å². The number of rotatable bonds is 4. The fourth-order valence-corrected chi connectivity index (χ4v) is 2.71. The highest BCUT2D eigenvalue weighted by Gasteiger charge is 2.26. The lowest BCUT2D eigenvalue weighted by Gasteiger charge is -2.30. The standard InChI is InChI=1S/C13H24N2O3/c1-2-17-13(16)15-7-5-11(6-8-15)14-10-12-4-3-9-18-12/h11-12,14H,2-10H2,1H3/p+1/t12-/m1/s1. The molecule has 0 spiro atoms. The molecule has 5 heteroatoms. The minimum absolute atomic E-state index is 0.157. The zero-order chi connectivity index (χ0) is 12.8. The lowest BCUT2D eigenvalue weighted by molar-refractivity contribution is -0.696. The maximum Gasteiger partial charge on any atom is 0.409 e. The predicted molar refractivity (Wildman–Crippen MR) is 67.4 cm³/mol. The normalized spacial score (nSPS) is 25.4. The molecule has 2 N–H and O–H groups in total. The number of carbonyl (C=O) groups excluding carboxylic acids is 1. The van der Waals surface area contributed by atoms with Crippen molar-refractivity contribution in [3.05, 3.63) is 0 Å². The number of ether oxygens (including phenoxy) is 2. The molecule has 0 aromatic rings. The first-order valence-corrected chi connectivity index (χ1v) is 7.16. The lowest BCUT2D eigenvalue weighted by atomic mass is 10.1. The molecule has 2 saturated heterocycles. The number of amides is 1. The summed E-state index contributed by atoms with van der Waals surface area (Å²) in [7, 11) is 0. The van der Waals surface area contributed by atoms with E-state index in [0.717, 1.165) is 39.1 Å². The van der Waals surface area contributed by atoms with E-state index in [2.05, 4.69) is 5.32 Å². The summed E-state index contributed by atoms with van der Waals surface area (Å²) in [6, 6.07) is 0.639. The van der Waals surface area contributed by atoms with Gasteiger partial charge < -0.3 is 19.7 Å². The van der Waals surface area contributed by atoms with Crippen molar-refractivity contribution in [1.29, 1.82) is 0 Å². The van der Waals surface area contributed by atoms with Gasteiger partial charge in [0.1, 0.15) is 12.6 Å². The van der Waals surface area contributed by atoms with Gasteiger partial charge in [-0.2, -0.15) is 0 Å². The SMILES string of the molecule is CCOC(=O)N1CCC([NH2+]C[C@H]2CCCO2)CC1. The van der Waals surface area contributed by atoms with Crippen LogP contribution in [0.1, 0.15) is 32.6 Å². The summed E-state index contributed by atoms with van der Waals surface area (Å²) in [6.07, 6.45) is 4.83. The molecule has 0 saturated carbocycles. The fourth-order valence-electron chi connectivity index (χ4n) is 2.71. The molecule has 104 valence electrons. The first-order chi connectivity index (χ1) is 8.79. The largest absolute Gasteiger partial charge is 0.450 e. The molecule has 0 unspecified atom stereocenters. The average molecular weight is 257 g/mol. The van der Waals surface area contributed by atoms with Crippen LogP contribution in [0.25, 0.3) is 0 Å². The third kappa shape index (κ3) is 3.85. The predicted octanol–water partition coefficient (Wildman–Crippen LogP) is 0.350. The minimum Gasteiger partial charge on any atom is -0.450 e. The highest BCUT2D eigenvalue weighted by molar-refractivity contribution is 5.67. The van der Waals surface area contributed by atoms with Crippen LogP contribution in [0.2, 0.25) is 0 Å². The summed E-state index contributed by atoms with van der Waals surface area (Å²) >= 11 is 0. The van der Waals surface area contributed by atoms with E-state index in [1.165, 1.54) is 12.8 Å². The molecule has 0 bridgehead atoms. The maximum absolute atomic E-state index is 11.5. The lowest BCUT2D eigenvalue weighted by Crippen LogP contribution is -2.92. The van der Waals surface area contributed by atoms with Crippen LogP contribution in [0.5, 0.6) is 0 Å². The van der Waals surface area contributed by atoms with Crippen molar-refractivity contribution in [1.82, 2.24) is 4.90 Å². The molecular weight excluding hydrogens is 232 g/mol. The van der Waals surface area contributed by atoms with Crippen molar-refractivity contribution in [2.24, 2.45) is 0 Å². The summed E-state index contributed by atoms with van der Waals surface area (Å²) < 4.78 is 10.6. The summed E-state index contributed by atoms with van der Waals surface area (Å²) in [5.41, 5.74) is 0. The molecule has 0 aromatic heterocycles. The molecule has 2 aliphatic rings. The average Bonchev–Trinajstić information content (AvgIpc) is 2.90. The summed E-state index contributed by atoms with van der Waals surface area (Å²) in [5.74, 6) is 0. The maximum atomic E-state index is 11.5. The van der Waals surface area contributed by atoms with E-state index in [1.807, 2.05) is 11.8 Å². The first kappa shape index (κ1) is 13.6. The van der Waals surface area contributed by atoms with Crippen LogP contribution in [0.15, 0.2) is 0 Å². The Balaban J connectivity index is 1.62. The first-order valence-electron chi connectivity index (χ1n) is 7.16. The van der Waals surface area contributed by atoms with E-state index in [4.69, 9.17) is 9.47 Å². The van der Waals surface area contributed by atoms with Crippen molar-refractivity contribution < 1.29 is 19.6 Å². The van der Waals surface area contributed by atoms with Gasteiger partial charge >= 0.3 is 6.09 Å². The van der Waals surface area contributed by atoms with Crippen LogP contribution in [-0.2, 0) is 9.47 Å². The number of quaternary nitrogens is 1. The van der Waals surface area contributed by atoms with E-state index < -0.39 is 0 Å². The van der Waals surface area contributed by atoms with Crippen LogP contribution < -0.4 is 5.32 Å². The number of hydrogen-bond acceptors (Lipinski definition) is 3. The van der Waals surface area contributed by atoms with Crippen molar-refractivity contribution in [3.63, 3.8) is 0 Å². The Morgan fingerprint density at radius 2 is 2.17 bits per heavy atom. The molecule has 0 aromatic carbocycles. The minimum atomic E-state index is -0.157. The number of piperidine rings is 1. The second-order valence-electron chi connectivity index (χ2n) is 5.13. The van der Waals surface area contributed by atoms with E-state index in [-0.39, 0.29) is 6.09 Å². The van der Waals surface area contributed by atoms with Crippen molar-refractivity contribution in [3.8, 4) is 0 Å². The Morgan fingerprint density at radius 1 is 1.39 bits per heavy atom. The molecule has 1 atom stereocenters. The highest BCUT2D eigenvalue weighted by atomic mass is 16.6. The molecule has 2 fully saturated rings. The van der Waals surface area contributed by atoms with Crippen molar-refractivity contribution in [2.45, 2.75) is 44.8 Å². The Labute approximate surface area is 109 Å². The Bertz CT molecular complexity index is 259. The summed E-state index contributed by atoms with van der Waals surface area (Å²) in [5, 5.41) is 2.40. The van der Waals surface area contributed by atoms with Crippen LogP contribution in [0, 0.1) is 0 Å². The van der Waals surface area contributed by atoms with Crippen LogP contribution in [0.4, 0.5) is 4.79 Å². The molecule has 0 aliphatic carbocycles. The smallest absolute Gasteiger partial charge is 0.409 e. The molecule has 2 heterocycles. The van der Waals surface area contributed by atoms with E-state index >= 15 is 0 Å². The Morgan fingerprint density at radius 3 is 2.78 bits per heavy atom. The topological polar surface area (TPSA) is 55.4 Å². The molecule has 18 heavy (non-hydrogen) atoms. The molecule has 5 nitrogen and oxygen atoms in total. The highest BCUT2D eigenvalue weighted by Crippen LogP contribution is 2.11. The van der Waals surface area contributed by atoms with Gasteiger partial charge in [0.15, 0.2) is 0 Å². The number of carbonyl (C=O) groups is 1.